The first kappa shape index (κ1) is 20.8. The SMILES string of the molecule is Cc1ccc(C(=O)CCC(=O)O[C@H](C)c2nnc(-c3ccc([N+](=O)[O-])cc3)o2)cc1. The van der Waals surface area contributed by atoms with Gasteiger partial charge in [-0.3, -0.25) is 19.7 Å². The lowest BCUT2D eigenvalue weighted by Crippen LogP contribution is -2.11. The van der Waals surface area contributed by atoms with Crippen molar-refractivity contribution in [2.75, 3.05) is 0 Å². The van der Waals surface area contributed by atoms with E-state index >= 15 is 0 Å². The molecule has 0 radical (unpaired) electrons. The fourth-order valence-electron chi connectivity index (χ4n) is 2.65. The number of ketones is 1. The van der Waals surface area contributed by atoms with Crippen LogP contribution in [-0.4, -0.2) is 26.9 Å². The normalized spacial score (nSPS) is 11.7. The molecular formula is C21H19N3O6. The summed E-state index contributed by atoms with van der Waals surface area (Å²) in [5.74, 6) is -0.463. The van der Waals surface area contributed by atoms with Crippen LogP contribution in [0.25, 0.3) is 11.5 Å². The second kappa shape index (κ2) is 9.08. The van der Waals surface area contributed by atoms with Crippen LogP contribution >= 0.6 is 0 Å². The number of hydrogen-bond donors (Lipinski definition) is 0. The quantitative estimate of drug-likeness (QED) is 0.234. The van der Waals surface area contributed by atoms with Gasteiger partial charge >= 0.3 is 5.97 Å². The largest absolute Gasteiger partial charge is 0.453 e. The Kier molecular flexibility index (Phi) is 6.31. The zero-order valence-corrected chi connectivity index (χ0v) is 16.4. The molecule has 0 unspecified atom stereocenters. The fourth-order valence-corrected chi connectivity index (χ4v) is 2.65. The predicted octanol–water partition coefficient (Wildman–Crippen LogP) is 4.22. The molecular weight excluding hydrogens is 390 g/mol. The van der Waals surface area contributed by atoms with E-state index in [1.165, 1.54) is 24.3 Å². The zero-order valence-electron chi connectivity index (χ0n) is 16.4. The first-order valence-corrected chi connectivity index (χ1v) is 9.21. The number of benzene rings is 2. The average molecular weight is 409 g/mol. The van der Waals surface area contributed by atoms with Crippen LogP contribution in [-0.2, 0) is 9.53 Å². The molecule has 1 heterocycles. The number of non-ortho nitro benzene ring substituents is 1. The first-order valence-electron chi connectivity index (χ1n) is 9.21. The summed E-state index contributed by atoms with van der Waals surface area (Å²) in [6, 6.07) is 12.8. The van der Waals surface area contributed by atoms with Gasteiger partial charge in [0.1, 0.15) is 0 Å². The molecule has 3 aromatic rings. The topological polar surface area (TPSA) is 125 Å². The number of aryl methyl sites for hydroxylation is 1. The van der Waals surface area contributed by atoms with Gasteiger partial charge in [0, 0.05) is 29.7 Å². The van der Waals surface area contributed by atoms with Crippen molar-refractivity contribution < 1.29 is 23.7 Å². The second-order valence-corrected chi connectivity index (χ2v) is 6.67. The van der Waals surface area contributed by atoms with E-state index in [-0.39, 0.29) is 36.1 Å². The standard InChI is InChI=1S/C21H19N3O6/c1-13-3-5-15(6-4-13)18(25)11-12-19(26)29-14(2)20-22-23-21(30-20)16-7-9-17(10-8-16)24(27)28/h3-10,14H,11-12H2,1-2H3/t14-/m1/s1. The van der Waals surface area contributed by atoms with Crippen LogP contribution in [0.3, 0.4) is 0 Å². The smallest absolute Gasteiger partial charge is 0.307 e. The molecule has 0 spiro atoms. The third-order valence-corrected chi connectivity index (χ3v) is 4.35. The minimum atomic E-state index is -0.800. The summed E-state index contributed by atoms with van der Waals surface area (Å²) in [6.07, 6.45) is -0.835. The lowest BCUT2D eigenvalue weighted by Gasteiger charge is -2.09. The third-order valence-electron chi connectivity index (χ3n) is 4.35. The van der Waals surface area contributed by atoms with Crippen LogP contribution in [0.1, 0.15) is 47.7 Å². The maximum absolute atomic E-state index is 12.2. The Hall–Kier alpha value is -3.88. The Balaban J connectivity index is 1.54. The maximum Gasteiger partial charge on any atom is 0.307 e. The van der Waals surface area contributed by atoms with Crippen molar-refractivity contribution in [2.24, 2.45) is 0 Å². The van der Waals surface area contributed by atoms with Crippen LogP contribution in [0, 0.1) is 17.0 Å². The number of nitrogens with zero attached hydrogens (tertiary/aromatic N) is 3. The number of nitro benzene ring substituents is 1. The van der Waals surface area contributed by atoms with Gasteiger partial charge in [-0.15, -0.1) is 10.2 Å². The summed E-state index contributed by atoms with van der Waals surface area (Å²) in [5, 5.41) is 18.5. The third kappa shape index (κ3) is 5.13. The highest BCUT2D eigenvalue weighted by Crippen LogP contribution is 2.24. The zero-order chi connectivity index (χ0) is 21.7. The molecule has 0 bridgehead atoms. The van der Waals surface area contributed by atoms with E-state index in [4.69, 9.17) is 9.15 Å². The van der Waals surface area contributed by atoms with Gasteiger partial charge in [-0.2, -0.15) is 0 Å². The molecule has 154 valence electrons. The van der Waals surface area contributed by atoms with Gasteiger partial charge in [0.2, 0.25) is 5.89 Å². The molecule has 0 saturated carbocycles. The number of nitro groups is 1. The Morgan fingerprint density at radius 1 is 1.07 bits per heavy atom. The molecule has 0 fully saturated rings. The highest BCUT2D eigenvalue weighted by Gasteiger charge is 2.20. The molecule has 0 saturated heterocycles. The van der Waals surface area contributed by atoms with E-state index in [1.807, 2.05) is 19.1 Å². The van der Waals surface area contributed by atoms with Crippen molar-refractivity contribution in [3.8, 4) is 11.5 Å². The summed E-state index contributed by atoms with van der Waals surface area (Å²) < 4.78 is 10.8. The van der Waals surface area contributed by atoms with Crippen molar-refractivity contribution >= 4 is 17.4 Å². The molecule has 0 aliphatic carbocycles. The molecule has 0 aliphatic heterocycles. The van der Waals surface area contributed by atoms with Crippen LogP contribution in [0.2, 0.25) is 0 Å². The van der Waals surface area contributed by atoms with E-state index in [1.54, 1.807) is 19.1 Å². The van der Waals surface area contributed by atoms with E-state index in [0.29, 0.717) is 11.1 Å². The van der Waals surface area contributed by atoms with Crippen molar-refractivity contribution in [2.45, 2.75) is 32.8 Å². The lowest BCUT2D eigenvalue weighted by molar-refractivity contribution is -0.384. The number of Topliss-reactive ketones (excluding diaryl/α,β-unsaturated/α-hetero) is 1. The Labute approximate surface area is 171 Å². The van der Waals surface area contributed by atoms with Gasteiger partial charge in [0.25, 0.3) is 11.6 Å². The molecule has 30 heavy (non-hydrogen) atoms. The summed E-state index contributed by atoms with van der Waals surface area (Å²) in [6.45, 7) is 3.50. The van der Waals surface area contributed by atoms with Gasteiger partial charge in [-0.1, -0.05) is 29.8 Å². The Morgan fingerprint density at radius 3 is 2.37 bits per heavy atom. The number of ether oxygens (including phenoxy) is 1. The molecule has 1 aromatic heterocycles. The molecule has 1 atom stereocenters. The van der Waals surface area contributed by atoms with Crippen molar-refractivity contribution in [1.29, 1.82) is 0 Å². The van der Waals surface area contributed by atoms with Crippen molar-refractivity contribution in [3.05, 3.63) is 75.7 Å². The van der Waals surface area contributed by atoms with Gasteiger partial charge in [-0.25, -0.2) is 0 Å². The maximum atomic E-state index is 12.2. The van der Waals surface area contributed by atoms with E-state index in [0.717, 1.165) is 5.56 Å². The first-order chi connectivity index (χ1) is 14.3. The Bertz CT molecular complexity index is 1060. The van der Waals surface area contributed by atoms with Gasteiger partial charge in [0.15, 0.2) is 11.9 Å². The minimum absolute atomic E-state index is 0.0342. The number of carbonyl (C=O) groups is 2. The fraction of sp³-hybridized carbons (Fsp3) is 0.238. The highest BCUT2D eigenvalue weighted by atomic mass is 16.6. The number of aromatic nitrogens is 2. The second-order valence-electron chi connectivity index (χ2n) is 6.67. The minimum Gasteiger partial charge on any atom is -0.453 e. The predicted molar refractivity (Wildman–Crippen MR) is 106 cm³/mol. The van der Waals surface area contributed by atoms with Crippen LogP contribution in [0.4, 0.5) is 5.69 Å². The van der Waals surface area contributed by atoms with Crippen LogP contribution in [0.15, 0.2) is 52.9 Å². The lowest BCUT2D eigenvalue weighted by atomic mass is 10.1. The monoisotopic (exact) mass is 409 g/mol. The molecule has 9 heteroatoms. The number of hydrogen-bond acceptors (Lipinski definition) is 8. The molecule has 3 rings (SSSR count). The van der Waals surface area contributed by atoms with Gasteiger partial charge < -0.3 is 9.15 Å². The van der Waals surface area contributed by atoms with E-state index in [2.05, 4.69) is 10.2 Å². The molecule has 0 amide bonds. The van der Waals surface area contributed by atoms with Crippen molar-refractivity contribution in [1.82, 2.24) is 10.2 Å². The molecule has 2 aromatic carbocycles. The average Bonchev–Trinajstić information content (AvgIpc) is 3.23. The van der Waals surface area contributed by atoms with Gasteiger partial charge in [0.05, 0.1) is 11.3 Å². The van der Waals surface area contributed by atoms with Gasteiger partial charge in [-0.05, 0) is 26.0 Å². The van der Waals surface area contributed by atoms with Crippen LogP contribution < -0.4 is 0 Å². The number of carbonyl (C=O) groups excluding carboxylic acids is 2. The molecule has 0 aliphatic rings. The van der Waals surface area contributed by atoms with E-state index < -0.39 is 17.0 Å². The summed E-state index contributed by atoms with van der Waals surface area (Å²) in [5.41, 5.74) is 2.04. The summed E-state index contributed by atoms with van der Waals surface area (Å²) in [4.78, 5) is 34.4. The molecule has 9 nitrogen and oxygen atoms in total. The number of esters is 1. The Morgan fingerprint density at radius 2 is 1.73 bits per heavy atom. The highest BCUT2D eigenvalue weighted by molar-refractivity contribution is 5.97. The summed E-state index contributed by atoms with van der Waals surface area (Å²) >= 11 is 0. The van der Waals surface area contributed by atoms with E-state index in [9.17, 15) is 19.7 Å². The summed E-state index contributed by atoms with van der Waals surface area (Å²) in [7, 11) is 0. The van der Waals surface area contributed by atoms with Crippen LogP contribution in [0.5, 0.6) is 0 Å². The number of rotatable bonds is 8. The van der Waals surface area contributed by atoms with Crippen molar-refractivity contribution in [3.63, 3.8) is 0 Å². The molecule has 0 N–H and O–H groups in total.